The molecule has 2 aromatic rings. The quantitative estimate of drug-likeness (QED) is 0.579. The number of nitrogens with one attached hydrogen (secondary N) is 1. The smallest absolute Gasteiger partial charge is 0.252 e. The Labute approximate surface area is 115 Å². The molecule has 0 spiro atoms. The van der Waals surface area contributed by atoms with E-state index in [2.05, 4.69) is 46.1 Å². The van der Waals surface area contributed by atoms with Gasteiger partial charge in [0.1, 0.15) is 0 Å². The molecule has 6 nitrogen and oxygen atoms in total. The molecule has 1 heterocycles. The second kappa shape index (κ2) is 5.40. The molecule has 0 aliphatic heterocycles. The van der Waals surface area contributed by atoms with Crippen molar-refractivity contribution in [1.29, 1.82) is 0 Å². The Morgan fingerprint density at radius 3 is 2.56 bits per heavy atom. The molecule has 0 saturated carbocycles. The van der Waals surface area contributed by atoms with Gasteiger partial charge in [-0.25, -0.2) is 0 Å². The van der Waals surface area contributed by atoms with Crippen LogP contribution in [0.5, 0.6) is 0 Å². The zero-order valence-corrected chi connectivity index (χ0v) is 11.3. The van der Waals surface area contributed by atoms with E-state index in [4.69, 9.17) is 0 Å². The van der Waals surface area contributed by atoms with Gasteiger partial charge >= 0.3 is 0 Å². The van der Waals surface area contributed by atoms with Crippen molar-refractivity contribution in [3.63, 3.8) is 0 Å². The SMILES string of the molecule is CC(S)NC(=O)c1ccc(-n2nnnc2S)cc1. The lowest BCUT2D eigenvalue weighted by Gasteiger charge is -2.08. The van der Waals surface area contributed by atoms with E-state index in [1.165, 1.54) is 4.68 Å². The molecule has 1 aromatic carbocycles. The maximum Gasteiger partial charge on any atom is 0.252 e. The molecule has 1 N–H and O–H groups in total. The Balaban J connectivity index is 2.21. The lowest BCUT2D eigenvalue weighted by atomic mass is 10.2. The van der Waals surface area contributed by atoms with E-state index in [1.807, 2.05) is 0 Å². The first-order valence-electron chi connectivity index (χ1n) is 5.14. The van der Waals surface area contributed by atoms with Crippen molar-refractivity contribution in [1.82, 2.24) is 25.5 Å². The summed E-state index contributed by atoms with van der Waals surface area (Å²) in [6.07, 6.45) is 0. The van der Waals surface area contributed by atoms with Crippen LogP contribution in [-0.4, -0.2) is 31.5 Å². The summed E-state index contributed by atoms with van der Waals surface area (Å²) >= 11 is 8.21. The molecule has 18 heavy (non-hydrogen) atoms. The standard InChI is InChI=1S/C10H11N5OS2/c1-6(17)11-9(16)7-2-4-8(5-3-7)15-10(18)12-13-14-15/h2-6,17H,1H3,(H,11,16)(H,12,14,18). The van der Waals surface area contributed by atoms with E-state index in [9.17, 15) is 4.79 Å². The minimum absolute atomic E-state index is 0.174. The number of tetrazole rings is 1. The van der Waals surface area contributed by atoms with Crippen molar-refractivity contribution in [2.45, 2.75) is 17.5 Å². The number of aromatic nitrogens is 4. The second-order valence-electron chi connectivity index (χ2n) is 3.59. The fourth-order valence-corrected chi connectivity index (χ4v) is 1.69. The van der Waals surface area contributed by atoms with Crippen LogP contribution in [0.25, 0.3) is 5.69 Å². The predicted octanol–water partition coefficient (Wildman–Crippen LogP) is 0.957. The Bertz CT molecular complexity index is 552. The summed E-state index contributed by atoms with van der Waals surface area (Å²) in [5, 5.41) is 13.8. The van der Waals surface area contributed by atoms with Gasteiger partial charge in [0, 0.05) is 5.56 Å². The molecule has 1 unspecified atom stereocenters. The number of carbonyl (C=O) groups is 1. The monoisotopic (exact) mass is 281 g/mol. The average molecular weight is 281 g/mol. The predicted molar refractivity (Wildman–Crippen MR) is 72.3 cm³/mol. The molecule has 0 fully saturated rings. The van der Waals surface area contributed by atoms with Crippen molar-refractivity contribution >= 4 is 31.2 Å². The van der Waals surface area contributed by atoms with Gasteiger partial charge in [0.2, 0.25) is 5.16 Å². The Morgan fingerprint density at radius 1 is 1.39 bits per heavy atom. The molecule has 8 heteroatoms. The Kier molecular flexibility index (Phi) is 3.87. The third-order valence-corrected chi connectivity index (χ3v) is 2.58. The fraction of sp³-hybridized carbons (Fsp3) is 0.200. The van der Waals surface area contributed by atoms with Gasteiger partial charge in [0.15, 0.2) is 0 Å². The number of amides is 1. The number of hydrogen-bond acceptors (Lipinski definition) is 6. The number of benzene rings is 1. The van der Waals surface area contributed by atoms with Gasteiger partial charge in [0.05, 0.1) is 11.1 Å². The van der Waals surface area contributed by atoms with Crippen LogP contribution in [0.3, 0.4) is 0 Å². The number of nitrogens with zero attached hydrogens (tertiary/aromatic N) is 4. The molecule has 0 aliphatic carbocycles. The van der Waals surface area contributed by atoms with Crippen LogP contribution in [0.4, 0.5) is 0 Å². The maximum absolute atomic E-state index is 11.7. The summed E-state index contributed by atoms with van der Waals surface area (Å²) in [7, 11) is 0. The summed E-state index contributed by atoms with van der Waals surface area (Å²) in [5.41, 5.74) is 1.29. The average Bonchev–Trinajstić information content (AvgIpc) is 2.75. The highest BCUT2D eigenvalue weighted by Gasteiger charge is 2.08. The summed E-state index contributed by atoms with van der Waals surface area (Å²) < 4.78 is 1.46. The van der Waals surface area contributed by atoms with E-state index in [0.29, 0.717) is 10.7 Å². The summed E-state index contributed by atoms with van der Waals surface area (Å²) in [6, 6.07) is 6.87. The first-order chi connectivity index (χ1) is 8.58. The van der Waals surface area contributed by atoms with E-state index in [0.717, 1.165) is 5.69 Å². The lowest BCUT2D eigenvalue weighted by molar-refractivity contribution is 0.0952. The third kappa shape index (κ3) is 2.82. The van der Waals surface area contributed by atoms with Crippen LogP contribution < -0.4 is 5.32 Å². The van der Waals surface area contributed by atoms with E-state index < -0.39 is 0 Å². The van der Waals surface area contributed by atoms with Gasteiger partial charge in [-0.15, -0.1) is 17.7 Å². The molecule has 0 radical (unpaired) electrons. The molecule has 0 bridgehead atoms. The van der Waals surface area contributed by atoms with Crippen LogP contribution in [0.1, 0.15) is 17.3 Å². The van der Waals surface area contributed by atoms with Gasteiger partial charge in [-0.2, -0.15) is 17.3 Å². The number of hydrogen-bond donors (Lipinski definition) is 3. The highest BCUT2D eigenvalue weighted by Crippen LogP contribution is 2.11. The fourth-order valence-electron chi connectivity index (χ4n) is 1.38. The first kappa shape index (κ1) is 12.9. The maximum atomic E-state index is 11.7. The van der Waals surface area contributed by atoms with Crippen LogP contribution in [-0.2, 0) is 0 Å². The molecule has 1 aromatic heterocycles. The third-order valence-electron chi connectivity index (χ3n) is 2.17. The minimum Gasteiger partial charge on any atom is -0.341 e. The first-order valence-corrected chi connectivity index (χ1v) is 6.11. The molecule has 2 rings (SSSR count). The van der Waals surface area contributed by atoms with Gasteiger partial charge in [-0.05, 0) is 41.6 Å². The van der Waals surface area contributed by atoms with Crippen molar-refractivity contribution in [2.75, 3.05) is 0 Å². The van der Waals surface area contributed by atoms with Gasteiger partial charge in [-0.3, -0.25) is 4.79 Å². The molecule has 94 valence electrons. The Morgan fingerprint density at radius 2 is 2.06 bits per heavy atom. The van der Waals surface area contributed by atoms with Crippen LogP contribution in [0, 0.1) is 0 Å². The van der Waals surface area contributed by atoms with Gasteiger partial charge in [-0.1, -0.05) is 0 Å². The van der Waals surface area contributed by atoms with E-state index in [-0.39, 0.29) is 11.3 Å². The van der Waals surface area contributed by atoms with E-state index in [1.54, 1.807) is 31.2 Å². The van der Waals surface area contributed by atoms with Gasteiger partial charge < -0.3 is 5.32 Å². The number of thiol groups is 2. The topological polar surface area (TPSA) is 72.7 Å². The van der Waals surface area contributed by atoms with Crippen molar-refractivity contribution < 1.29 is 4.79 Å². The summed E-state index contributed by atoms with van der Waals surface area (Å²) in [4.78, 5) is 11.7. The van der Waals surface area contributed by atoms with Crippen LogP contribution >= 0.6 is 25.3 Å². The van der Waals surface area contributed by atoms with Crippen molar-refractivity contribution in [2.24, 2.45) is 0 Å². The zero-order valence-electron chi connectivity index (χ0n) is 9.48. The molecular weight excluding hydrogens is 270 g/mol. The molecule has 1 atom stereocenters. The largest absolute Gasteiger partial charge is 0.341 e. The van der Waals surface area contributed by atoms with Crippen molar-refractivity contribution in [3.05, 3.63) is 29.8 Å². The van der Waals surface area contributed by atoms with Gasteiger partial charge in [0.25, 0.3) is 5.91 Å². The number of carbonyl (C=O) groups excluding carboxylic acids is 1. The van der Waals surface area contributed by atoms with E-state index >= 15 is 0 Å². The highest BCUT2D eigenvalue weighted by molar-refractivity contribution is 7.80. The number of rotatable bonds is 3. The molecule has 0 aliphatic rings. The molecular formula is C10H11N5OS2. The Hall–Kier alpha value is -1.54. The second-order valence-corrected chi connectivity index (χ2v) is 4.76. The molecule has 0 saturated heterocycles. The summed E-state index contributed by atoms with van der Waals surface area (Å²) in [6.45, 7) is 1.78. The lowest BCUT2D eigenvalue weighted by Crippen LogP contribution is -2.28. The van der Waals surface area contributed by atoms with Crippen molar-refractivity contribution in [3.8, 4) is 5.69 Å². The molecule has 1 amide bonds. The van der Waals surface area contributed by atoms with Crippen LogP contribution in [0.2, 0.25) is 0 Å². The van der Waals surface area contributed by atoms with Crippen LogP contribution in [0.15, 0.2) is 29.4 Å². The summed E-state index contributed by atoms with van der Waals surface area (Å²) in [5.74, 6) is -0.174. The zero-order chi connectivity index (χ0) is 13.1. The minimum atomic E-state index is -0.194. The highest BCUT2D eigenvalue weighted by atomic mass is 32.1. The normalized spacial score (nSPS) is 12.2.